The molecule has 88 valence electrons. The first-order chi connectivity index (χ1) is 8.26. The van der Waals surface area contributed by atoms with Crippen LogP contribution in [-0.2, 0) is 14.9 Å². The lowest BCUT2D eigenvalue weighted by Gasteiger charge is -2.05. The summed E-state index contributed by atoms with van der Waals surface area (Å²) in [5.41, 5.74) is 0.989. The molecule has 1 saturated carbocycles. The summed E-state index contributed by atoms with van der Waals surface area (Å²) < 4.78 is 9.91. The predicted octanol–water partition coefficient (Wildman–Crippen LogP) is 1.40. The first-order valence-corrected chi connectivity index (χ1v) is 5.96. The van der Waals surface area contributed by atoms with E-state index < -0.39 is 5.41 Å². The van der Waals surface area contributed by atoms with E-state index in [0.29, 0.717) is 24.6 Å². The Morgan fingerprint density at radius 2 is 2.41 bits per heavy atom. The Kier molecular flexibility index (Phi) is 2.22. The van der Waals surface area contributed by atoms with Gasteiger partial charge in [-0.15, -0.1) is 11.3 Å². The second-order valence-electron chi connectivity index (χ2n) is 3.86. The molecule has 0 atom stereocenters. The minimum absolute atomic E-state index is 0.308. The fraction of sp³-hybridized carbons (Fsp3) is 0.400. The standard InChI is InChI=1S/C10H9N3O3S/c1-15-9(14)10(2-3-10)8-12-7(13-16-8)6-4-11-5-17-6/h4-5H,2-3H2,1H3. The van der Waals surface area contributed by atoms with Gasteiger partial charge in [-0.2, -0.15) is 4.98 Å². The number of carbonyl (C=O) groups excluding carboxylic acids is 1. The van der Waals surface area contributed by atoms with E-state index in [1.54, 1.807) is 11.7 Å². The van der Waals surface area contributed by atoms with Crippen LogP contribution in [0.4, 0.5) is 0 Å². The molecule has 2 aromatic heterocycles. The van der Waals surface area contributed by atoms with E-state index in [1.165, 1.54) is 18.4 Å². The van der Waals surface area contributed by atoms with Crippen LogP contribution in [0.5, 0.6) is 0 Å². The Labute approximate surface area is 101 Å². The quantitative estimate of drug-likeness (QED) is 0.767. The number of ether oxygens (including phenoxy) is 1. The average Bonchev–Trinajstić information content (AvgIpc) is 2.84. The van der Waals surface area contributed by atoms with E-state index >= 15 is 0 Å². The third-order valence-electron chi connectivity index (χ3n) is 2.81. The highest BCUT2D eigenvalue weighted by molar-refractivity contribution is 7.13. The van der Waals surface area contributed by atoms with E-state index in [4.69, 9.17) is 9.26 Å². The molecular weight excluding hydrogens is 242 g/mol. The van der Waals surface area contributed by atoms with Crippen molar-refractivity contribution in [3.8, 4) is 10.7 Å². The van der Waals surface area contributed by atoms with Crippen molar-refractivity contribution in [3.05, 3.63) is 17.6 Å². The molecule has 0 saturated heterocycles. The molecule has 0 unspecified atom stereocenters. The van der Waals surface area contributed by atoms with Gasteiger partial charge in [0, 0.05) is 6.20 Å². The lowest BCUT2D eigenvalue weighted by Crippen LogP contribution is -2.22. The third-order valence-corrected chi connectivity index (χ3v) is 3.58. The van der Waals surface area contributed by atoms with Crippen LogP contribution in [0.2, 0.25) is 0 Å². The first-order valence-electron chi connectivity index (χ1n) is 5.08. The summed E-state index contributed by atoms with van der Waals surface area (Å²) in [7, 11) is 1.36. The Morgan fingerprint density at radius 3 is 3.00 bits per heavy atom. The third kappa shape index (κ3) is 1.54. The van der Waals surface area contributed by atoms with Gasteiger partial charge in [0.05, 0.1) is 17.5 Å². The van der Waals surface area contributed by atoms with Crippen molar-refractivity contribution in [2.45, 2.75) is 18.3 Å². The lowest BCUT2D eigenvalue weighted by atomic mass is 10.1. The molecule has 17 heavy (non-hydrogen) atoms. The molecule has 1 aliphatic carbocycles. The first kappa shape index (κ1) is 10.4. The highest BCUT2D eigenvalue weighted by Crippen LogP contribution is 2.48. The van der Waals surface area contributed by atoms with Crippen LogP contribution in [0.1, 0.15) is 18.7 Å². The lowest BCUT2D eigenvalue weighted by molar-refractivity contribution is -0.144. The molecule has 1 aliphatic rings. The van der Waals surface area contributed by atoms with Crippen LogP contribution in [0.25, 0.3) is 10.7 Å². The SMILES string of the molecule is COC(=O)C1(c2nc(-c3cncs3)no2)CC1. The molecule has 0 bridgehead atoms. The highest BCUT2D eigenvalue weighted by atomic mass is 32.1. The van der Waals surface area contributed by atoms with Crippen molar-refractivity contribution in [2.24, 2.45) is 0 Å². The number of aromatic nitrogens is 3. The number of nitrogens with zero attached hydrogens (tertiary/aromatic N) is 3. The van der Waals surface area contributed by atoms with Crippen LogP contribution in [0.15, 0.2) is 16.2 Å². The number of carbonyl (C=O) groups is 1. The van der Waals surface area contributed by atoms with Gasteiger partial charge in [0.2, 0.25) is 11.7 Å². The monoisotopic (exact) mass is 251 g/mol. The Morgan fingerprint density at radius 1 is 1.59 bits per heavy atom. The maximum Gasteiger partial charge on any atom is 0.321 e. The molecule has 7 heteroatoms. The number of thiazole rings is 1. The summed E-state index contributed by atoms with van der Waals surface area (Å²) >= 11 is 1.42. The fourth-order valence-corrected chi connectivity index (χ4v) is 2.22. The van der Waals surface area contributed by atoms with E-state index in [1.807, 2.05) is 0 Å². The Balaban J connectivity index is 1.94. The van der Waals surface area contributed by atoms with E-state index in [-0.39, 0.29) is 5.97 Å². The highest BCUT2D eigenvalue weighted by Gasteiger charge is 2.57. The number of hydrogen-bond acceptors (Lipinski definition) is 7. The van der Waals surface area contributed by atoms with Gasteiger partial charge in [0.1, 0.15) is 5.41 Å². The van der Waals surface area contributed by atoms with Gasteiger partial charge in [0.25, 0.3) is 0 Å². The number of rotatable bonds is 3. The van der Waals surface area contributed by atoms with Crippen LogP contribution in [0.3, 0.4) is 0 Å². The smallest absolute Gasteiger partial charge is 0.321 e. The molecule has 0 amide bonds. The van der Waals surface area contributed by atoms with Crippen molar-refractivity contribution in [3.63, 3.8) is 0 Å². The largest absolute Gasteiger partial charge is 0.468 e. The molecule has 0 spiro atoms. The molecule has 0 radical (unpaired) electrons. The summed E-state index contributed by atoms with van der Waals surface area (Å²) in [6.07, 6.45) is 3.06. The van der Waals surface area contributed by atoms with E-state index in [2.05, 4.69) is 15.1 Å². The summed E-state index contributed by atoms with van der Waals surface area (Å²) in [5, 5.41) is 3.86. The zero-order chi connectivity index (χ0) is 11.9. The second kappa shape index (κ2) is 3.63. The van der Waals surface area contributed by atoms with Crippen LogP contribution in [-0.4, -0.2) is 28.2 Å². The number of hydrogen-bond donors (Lipinski definition) is 0. The van der Waals surface area contributed by atoms with Crippen molar-refractivity contribution in [1.82, 2.24) is 15.1 Å². The number of methoxy groups -OCH3 is 1. The normalized spacial score (nSPS) is 16.8. The van der Waals surface area contributed by atoms with Gasteiger partial charge in [-0.25, -0.2) is 0 Å². The van der Waals surface area contributed by atoms with Crippen molar-refractivity contribution in [1.29, 1.82) is 0 Å². The van der Waals surface area contributed by atoms with Crippen LogP contribution in [0, 0.1) is 0 Å². The average molecular weight is 251 g/mol. The van der Waals surface area contributed by atoms with Crippen molar-refractivity contribution < 1.29 is 14.1 Å². The second-order valence-corrected chi connectivity index (χ2v) is 4.75. The molecule has 0 aliphatic heterocycles. The number of esters is 1. The Hall–Kier alpha value is -1.76. The molecule has 2 heterocycles. The van der Waals surface area contributed by atoms with E-state index in [0.717, 1.165) is 4.88 Å². The molecule has 0 N–H and O–H groups in total. The van der Waals surface area contributed by atoms with Crippen LogP contribution >= 0.6 is 11.3 Å². The van der Waals surface area contributed by atoms with Gasteiger partial charge in [-0.05, 0) is 12.8 Å². The molecule has 3 rings (SSSR count). The van der Waals surface area contributed by atoms with Gasteiger partial charge < -0.3 is 9.26 Å². The summed E-state index contributed by atoms with van der Waals surface area (Å²) in [6, 6.07) is 0. The van der Waals surface area contributed by atoms with Crippen molar-refractivity contribution >= 4 is 17.3 Å². The molecular formula is C10H9N3O3S. The maximum absolute atomic E-state index is 11.6. The van der Waals surface area contributed by atoms with Gasteiger partial charge in [-0.3, -0.25) is 9.78 Å². The van der Waals surface area contributed by atoms with Crippen molar-refractivity contribution in [2.75, 3.05) is 7.11 Å². The fourth-order valence-electron chi connectivity index (χ4n) is 1.67. The minimum atomic E-state index is -0.704. The molecule has 1 fully saturated rings. The molecule has 6 nitrogen and oxygen atoms in total. The zero-order valence-electron chi connectivity index (χ0n) is 9.04. The van der Waals surface area contributed by atoms with Gasteiger partial charge in [-0.1, -0.05) is 5.16 Å². The minimum Gasteiger partial charge on any atom is -0.468 e. The predicted molar refractivity (Wildman–Crippen MR) is 58.3 cm³/mol. The van der Waals surface area contributed by atoms with Gasteiger partial charge >= 0.3 is 5.97 Å². The van der Waals surface area contributed by atoms with Gasteiger partial charge in [0.15, 0.2) is 0 Å². The topological polar surface area (TPSA) is 78.1 Å². The maximum atomic E-state index is 11.6. The summed E-state index contributed by atoms with van der Waals surface area (Å²) in [4.78, 5) is 20.6. The van der Waals surface area contributed by atoms with Crippen LogP contribution < -0.4 is 0 Å². The Bertz CT molecular complexity index is 545. The molecule has 0 aromatic carbocycles. The summed E-state index contributed by atoms with van der Waals surface area (Å²) in [6.45, 7) is 0. The summed E-state index contributed by atoms with van der Waals surface area (Å²) in [5.74, 6) is 0.502. The van der Waals surface area contributed by atoms with E-state index in [9.17, 15) is 4.79 Å². The zero-order valence-corrected chi connectivity index (χ0v) is 9.86. The molecule has 2 aromatic rings.